The van der Waals surface area contributed by atoms with E-state index in [0.29, 0.717) is 5.02 Å². The highest BCUT2D eigenvalue weighted by molar-refractivity contribution is 6.32. The molecule has 0 aliphatic heterocycles. The van der Waals surface area contributed by atoms with E-state index >= 15 is 0 Å². The zero-order valence-corrected chi connectivity index (χ0v) is 10.3. The fraction of sp³-hybridized carbons (Fsp3) is 0.0667. The van der Waals surface area contributed by atoms with Crippen molar-refractivity contribution in [1.82, 2.24) is 0 Å². The molecule has 0 saturated carbocycles. The van der Waals surface area contributed by atoms with E-state index in [1.54, 1.807) is 12.1 Å². The number of benzene rings is 2. The van der Waals surface area contributed by atoms with Gasteiger partial charge in [-0.15, -0.1) is 0 Å². The van der Waals surface area contributed by atoms with Gasteiger partial charge in [0.05, 0.1) is 0 Å². The maximum absolute atomic E-state index is 9.63. The Hall–Kier alpha value is -1.73. The summed E-state index contributed by atoms with van der Waals surface area (Å²) in [5.41, 5.74) is 2.76. The Morgan fingerprint density at radius 2 is 1.71 bits per heavy atom. The highest BCUT2D eigenvalue weighted by Gasteiger charge is 2.04. The molecule has 17 heavy (non-hydrogen) atoms. The summed E-state index contributed by atoms with van der Waals surface area (Å²) in [5, 5.41) is 10.3. The van der Waals surface area contributed by atoms with Crippen LogP contribution in [0.2, 0.25) is 5.02 Å². The van der Waals surface area contributed by atoms with Crippen molar-refractivity contribution in [1.29, 1.82) is 0 Å². The second-order valence-corrected chi connectivity index (χ2v) is 4.26. The Balaban J connectivity index is 2.37. The van der Waals surface area contributed by atoms with Crippen molar-refractivity contribution in [2.24, 2.45) is 0 Å². The topological polar surface area (TPSA) is 20.2 Å². The first-order valence-corrected chi connectivity index (χ1v) is 5.77. The summed E-state index contributed by atoms with van der Waals surface area (Å²) in [4.78, 5) is 0. The standard InChI is InChI=1S/C15H13ClO/c1-11-13(14(16)9-10-15(11)17)8-7-12-5-3-2-4-6-12/h2-10,17H,1H3. The van der Waals surface area contributed by atoms with E-state index in [4.69, 9.17) is 11.6 Å². The lowest BCUT2D eigenvalue weighted by atomic mass is 10.1. The summed E-state index contributed by atoms with van der Waals surface area (Å²) in [6.07, 6.45) is 3.90. The highest BCUT2D eigenvalue weighted by atomic mass is 35.5. The lowest BCUT2D eigenvalue weighted by molar-refractivity contribution is 0.471. The van der Waals surface area contributed by atoms with E-state index in [-0.39, 0.29) is 5.75 Å². The van der Waals surface area contributed by atoms with Gasteiger partial charge in [0, 0.05) is 5.02 Å². The van der Waals surface area contributed by atoms with E-state index in [0.717, 1.165) is 16.7 Å². The minimum absolute atomic E-state index is 0.266. The summed E-state index contributed by atoms with van der Waals surface area (Å²) in [7, 11) is 0. The number of rotatable bonds is 2. The zero-order valence-electron chi connectivity index (χ0n) is 9.52. The Kier molecular flexibility index (Phi) is 3.50. The average molecular weight is 245 g/mol. The van der Waals surface area contributed by atoms with Gasteiger partial charge in [-0.05, 0) is 35.7 Å². The number of halogens is 1. The van der Waals surface area contributed by atoms with Gasteiger partial charge in [0.15, 0.2) is 0 Å². The van der Waals surface area contributed by atoms with Crippen molar-refractivity contribution in [2.45, 2.75) is 6.92 Å². The molecule has 1 nitrogen and oxygen atoms in total. The van der Waals surface area contributed by atoms with Crippen LogP contribution in [0.3, 0.4) is 0 Å². The van der Waals surface area contributed by atoms with Gasteiger partial charge in [-0.25, -0.2) is 0 Å². The second-order valence-electron chi connectivity index (χ2n) is 3.85. The fourth-order valence-electron chi connectivity index (χ4n) is 1.63. The van der Waals surface area contributed by atoms with Gasteiger partial charge < -0.3 is 5.11 Å². The number of phenolic OH excluding ortho intramolecular Hbond substituents is 1. The Morgan fingerprint density at radius 3 is 2.41 bits per heavy atom. The molecule has 0 saturated heterocycles. The third-order valence-electron chi connectivity index (χ3n) is 2.68. The Morgan fingerprint density at radius 1 is 1.00 bits per heavy atom. The minimum atomic E-state index is 0.266. The van der Waals surface area contributed by atoms with Crippen LogP contribution in [0.5, 0.6) is 5.75 Å². The van der Waals surface area contributed by atoms with Crippen molar-refractivity contribution in [3.63, 3.8) is 0 Å². The van der Waals surface area contributed by atoms with Gasteiger partial charge in [-0.3, -0.25) is 0 Å². The lowest BCUT2D eigenvalue weighted by Crippen LogP contribution is -1.83. The molecular formula is C15H13ClO. The van der Waals surface area contributed by atoms with Gasteiger partial charge in [0.2, 0.25) is 0 Å². The summed E-state index contributed by atoms with van der Waals surface area (Å²) in [5.74, 6) is 0.266. The molecule has 0 bridgehead atoms. The lowest BCUT2D eigenvalue weighted by Gasteiger charge is -2.05. The monoisotopic (exact) mass is 244 g/mol. The Bertz CT molecular complexity index is 544. The van der Waals surface area contributed by atoms with Crippen LogP contribution in [0.25, 0.3) is 12.2 Å². The number of phenols is 1. The van der Waals surface area contributed by atoms with E-state index in [1.807, 2.05) is 49.4 Å². The molecule has 2 aromatic carbocycles. The van der Waals surface area contributed by atoms with Crippen LogP contribution in [0.15, 0.2) is 42.5 Å². The van der Waals surface area contributed by atoms with Crippen LogP contribution in [0.1, 0.15) is 16.7 Å². The third-order valence-corrected chi connectivity index (χ3v) is 3.00. The molecule has 0 aromatic heterocycles. The molecule has 0 amide bonds. The maximum atomic E-state index is 9.63. The highest BCUT2D eigenvalue weighted by Crippen LogP contribution is 2.28. The first kappa shape index (κ1) is 11.7. The molecule has 1 N–H and O–H groups in total. The van der Waals surface area contributed by atoms with Crippen LogP contribution in [-0.2, 0) is 0 Å². The molecule has 2 aromatic rings. The van der Waals surface area contributed by atoms with Crippen LogP contribution >= 0.6 is 11.6 Å². The molecule has 0 radical (unpaired) electrons. The van der Waals surface area contributed by atoms with Crippen molar-refractivity contribution in [2.75, 3.05) is 0 Å². The van der Waals surface area contributed by atoms with Crippen LogP contribution in [0, 0.1) is 6.92 Å². The molecule has 0 heterocycles. The van der Waals surface area contributed by atoms with E-state index in [9.17, 15) is 5.11 Å². The van der Waals surface area contributed by atoms with Gasteiger partial charge in [0.1, 0.15) is 5.75 Å². The van der Waals surface area contributed by atoms with Crippen LogP contribution in [-0.4, -0.2) is 5.11 Å². The largest absolute Gasteiger partial charge is 0.508 e. The van der Waals surface area contributed by atoms with Gasteiger partial charge in [-0.2, -0.15) is 0 Å². The first-order valence-electron chi connectivity index (χ1n) is 5.39. The van der Waals surface area contributed by atoms with Gasteiger partial charge in [0.25, 0.3) is 0 Å². The molecule has 2 rings (SSSR count). The molecule has 86 valence electrons. The van der Waals surface area contributed by atoms with E-state index in [1.165, 1.54) is 0 Å². The predicted molar refractivity (Wildman–Crippen MR) is 73.2 cm³/mol. The van der Waals surface area contributed by atoms with Gasteiger partial charge in [-0.1, -0.05) is 54.1 Å². The number of hydrogen-bond donors (Lipinski definition) is 1. The minimum Gasteiger partial charge on any atom is -0.508 e. The summed E-state index contributed by atoms with van der Waals surface area (Å²) in [6.45, 7) is 1.85. The first-order chi connectivity index (χ1) is 8.18. The van der Waals surface area contributed by atoms with Crippen LogP contribution in [0.4, 0.5) is 0 Å². The predicted octanol–water partition coefficient (Wildman–Crippen LogP) is 4.52. The molecule has 2 heteroatoms. The van der Waals surface area contributed by atoms with Crippen molar-refractivity contribution >= 4 is 23.8 Å². The van der Waals surface area contributed by atoms with Crippen molar-refractivity contribution < 1.29 is 5.11 Å². The average Bonchev–Trinajstić information content (AvgIpc) is 2.35. The SMILES string of the molecule is Cc1c(O)ccc(Cl)c1C=Cc1ccccc1. The molecule has 0 aliphatic rings. The molecule has 0 unspecified atom stereocenters. The molecule has 0 atom stereocenters. The van der Waals surface area contributed by atoms with E-state index in [2.05, 4.69) is 0 Å². The van der Waals surface area contributed by atoms with E-state index < -0.39 is 0 Å². The van der Waals surface area contributed by atoms with Gasteiger partial charge >= 0.3 is 0 Å². The molecule has 0 fully saturated rings. The molecular weight excluding hydrogens is 232 g/mol. The third kappa shape index (κ3) is 2.69. The summed E-state index contributed by atoms with van der Waals surface area (Å²) in [6, 6.07) is 13.3. The van der Waals surface area contributed by atoms with Crippen molar-refractivity contribution in [3.05, 3.63) is 64.2 Å². The normalized spacial score (nSPS) is 10.9. The number of hydrogen-bond acceptors (Lipinski definition) is 1. The van der Waals surface area contributed by atoms with Crippen molar-refractivity contribution in [3.8, 4) is 5.75 Å². The fourth-order valence-corrected chi connectivity index (χ4v) is 1.90. The number of aromatic hydroxyl groups is 1. The quantitative estimate of drug-likeness (QED) is 0.770. The molecule has 0 aliphatic carbocycles. The zero-order chi connectivity index (χ0) is 12.3. The summed E-state index contributed by atoms with van der Waals surface area (Å²) < 4.78 is 0. The Labute approximate surface area is 106 Å². The molecule has 0 spiro atoms. The smallest absolute Gasteiger partial charge is 0.119 e. The van der Waals surface area contributed by atoms with Crippen LogP contribution < -0.4 is 0 Å². The second kappa shape index (κ2) is 5.07. The summed E-state index contributed by atoms with van der Waals surface area (Å²) >= 11 is 6.11. The maximum Gasteiger partial charge on any atom is 0.119 e.